The molecule has 0 spiro atoms. The summed E-state index contributed by atoms with van der Waals surface area (Å²) in [5.41, 5.74) is -1.36. The van der Waals surface area contributed by atoms with Crippen LogP contribution in [0.2, 0.25) is 0 Å². The first-order valence-corrected chi connectivity index (χ1v) is 13.6. The van der Waals surface area contributed by atoms with Crippen LogP contribution < -0.4 is 18.9 Å². The van der Waals surface area contributed by atoms with Gasteiger partial charge in [0.1, 0.15) is 35.7 Å². The fourth-order valence-corrected chi connectivity index (χ4v) is 6.61. The first kappa shape index (κ1) is 27.6. The van der Waals surface area contributed by atoms with E-state index in [2.05, 4.69) is 0 Å². The first-order chi connectivity index (χ1) is 20.4. The van der Waals surface area contributed by atoms with E-state index >= 15 is 0 Å². The van der Waals surface area contributed by atoms with Gasteiger partial charge in [-0.05, 0) is 28.8 Å². The van der Waals surface area contributed by atoms with Crippen LogP contribution in [0.1, 0.15) is 28.2 Å². The van der Waals surface area contributed by atoms with Gasteiger partial charge in [0, 0.05) is 18.1 Å². The molecule has 0 saturated heterocycles. The molecule has 0 radical (unpaired) electrons. The van der Waals surface area contributed by atoms with Gasteiger partial charge in [-0.3, -0.25) is 4.79 Å². The average molecular weight is 569 g/mol. The van der Waals surface area contributed by atoms with Crippen LogP contribution in [-0.4, -0.2) is 43.6 Å². The molecule has 5 atom stereocenters. The molecule has 1 fully saturated rings. The average Bonchev–Trinajstić information content (AvgIpc) is 3.42. The highest BCUT2D eigenvalue weighted by Gasteiger charge is 2.78. The molecule has 8 heteroatoms. The van der Waals surface area contributed by atoms with Gasteiger partial charge in [-0.25, -0.2) is 0 Å². The number of carbonyl (C=O) groups excluding carboxylic acids is 1. The molecule has 0 aromatic heterocycles. The number of fused-ring (bicyclic) bond motifs is 3. The molecule has 42 heavy (non-hydrogen) atoms. The third-order valence-electron chi connectivity index (χ3n) is 8.44. The summed E-state index contributed by atoms with van der Waals surface area (Å²) < 4.78 is 29.3. The quantitative estimate of drug-likeness (QED) is 0.295. The van der Waals surface area contributed by atoms with E-state index in [0.717, 1.165) is 5.56 Å². The van der Waals surface area contributed by atoms with Crippen LogP contribution in [-0.2, 0) is 27.3 Å². The summed E-state index contributed by atoms with van der Waals surface area (Å²) in [6.45, 7) is 0.302. The van der Waals surface area contributed by atoms with Crippen molar-refractivity contribution >= 4 is 5.97 Å². The lowest BCUT2D eigenvalue weighted by Gasteiger charge is -2.40. The molecule has 1 aliphatic carbocycles. The number of hydrogen-bond acceptors (Lipinski definition) is 8. The van der Waals surface area contributed by atoms with Crippen molar-refractivity contribution in [3.05, 3.63) is 119 Å². The molecule has 6 rings (SSSR count). The van der Waals surface area contributed by atoms with Gasteiger partial charge in [-0.2, -0.15) is 0 Å². The standard InChI is InChI=1S/C34H32O8/c1-38-24-16-14-23(15-17-24)34-29(22-12-8-5-9-13-22)28(32(36)40-3)31(35)33(34,37)30-26(39-2)18-25(19-27(30)42-34)41-20-21-10-6-4-7-11-21/h4-19,28-29,31,35,37H,20H2,1-3H3. The summed E-state index contributed by atoms with van der Waals surface area (Å²) in [7, 11) is 4.30. The fraction of sp³-hybridized carbons (Fsp3) is 0.265. The Morgan fingerprint density at radius 2 is 1.52 bits per heavy atom. The Morgan fingerprint density at radius 1 is 0.857 bits per heavy atom. The van der Waals surface area contributed by atoms with Crippen molar-refractivity contribution < 1.29 is 38.7 Å². The SMILES string of the molecule is COC(=O)C1C(O)C2(O)c3c(OC)cc(OCc4ccccc4)cc3OC2(c2ccc(OC)cc2)C1c1ccccc1. The van der Waals surface area contributed by atoms with Crippen molar-refractivity contribution in [2.75, 3.05) is 21.3 Å². The van der Waals surface area contributed by atoms with Gasteiger partial charge in [0.05, 0.1) is 32.8 Å². The first-order valence-electron chi connectivity index (χ1n) is 13.6. The van der Waals surface area contributed by atoms with Gasteiger partial charge >= 0.3 is 5.97 Å². The number of esters is 1. The Hall–Kier alpha value is -4.53. The molecule has 8 nitrogen and oxygen atoms in total. The maximum absolute atomic E-state index is 13.4. The zero-order chi connectivity index (χ0) is 29.5. The minimum Gasteiger partial charge on any atom is -0.497 e. The van der Waals surface area contributed by atoms with Crippen LogP contribution in [0.5, 0.6) is 23.0 Å². The highest BCUT2D eigenvalue weighted by molar-refractivity contribution is 5.78. The van der Waals surface area contributed by atoms with E-state index in [-0.39, 0.29) is 17.1 Å². The van der Waals surface area contributed by atoms with Gasteiger partial charge in [0.25, 0.3) is 0 Å². The monoisotopic (exact) mass is 568 g/mol. The lowest BCUT2D eigenvalue weighted by molar-refractivity contribution is -0.161. The van der Waals surface area contributed by atoms with E-state index in [1.165, 1.54) is 14.2 Å². The van der Waals surface area contributed by atoms with Crippen molar-refractivity contribution in [2.24, 2.45) is 5.92 Å². The number of aliphatic hydroxyl groups is 2. The molecule has 5 unspecified atom stereocenters. The maximum Gasteiger partial charge on any atom is 0.312 e. The topological polar surface area (TPSA) is 104 Å². The van der Waals surface area contributed by atoms with Crippen LogP contribution in [0.4, 0.5) is 0 Å². The summed E-state index contributed by atoms with van der Waals surface area (Å²) in [4.78, 5) is 13.4. The Bertz CT molecular complexity index is 1570. The van der Waals surface area contributed by atoms with Crippen LogP contribution in [0.15, 0.2) is 97.1 Å². The van der Waals surface area contributed by atoms with Crippen LogP contribution in [0.25, 0.3) is 0 Å². The smallest absolute Gasteiger partial charge is 0.312 e. The van der Waals surface area contributed by atoms with Gasteiger partial charge in [-0.15, -0.1) is 0 Å². The Kier molecular flexibility index (Phi) is 7.04. The minimum atomic E-state index is -2.13. The third-order valence-corrected chi connectivity index (χ3v) is 8.44. The highest BCUT2D eigenvalue weighted by Crippen LogP contribution is 2.70. The second kappa shape index (κ2) is 10.7. The lowest BCUT2D eigenvalue weighted by Crippen LogP contribution is -2.52. The predicted molar refractivity (Wildman–Crippen MR) is 154 cm³/mol. The molecule has 0 amide bonds. The molecular weight excluding hydrogens is 536 g/mol. The number of ether oxygens (including phenoxy) is 5. The molecule has 1 saturated carbocycles. The Morgan fingerprint density at radius 3 is 2.14 bits per heavy atom. The molecule has 216 valence electrons. The second-order valence-electron chi connectivity index (χ2n) is 10.5. The number of benzene rings is 4. The lowest BCUT2D eigenvalue weighted by atomic mass is 9.70. The summed E-state index contributed by atoms with van der Waals surface area (Å²) >= 11 is 0. The number of carbonyl (C=O) groups is 1. The molecule has 2 N–H and O–H groups in total. The molecule has 0 bridgehead atoms. The van der Waals surface area contributed by atoms with E-state index < -0.39 is 35.1 Å². The normalized spacial score (nSPS) is 25.6. The van der Waals surface area contributed by atoms with Crippen LogP contribution >= 0.6 is 0 Å². The van der Waals surface area contributed by atoms with Gasteiger partial charge < -0.3 is 33.9 Å². The summed E-state index contributed by atoms with van der Waals surface area (Å²) in [6.07, 6.45) is -1.62. The van der Waals surface area contributed by atoms with Gasteiger partial charge in [0.2, 0.25) is 0 Å². The number of methoxy groups -OCH3 is 3. The van der Waals surface area contributed by atoms with Crippen molar-refractivity contribution in [1.29, 1.82) is 0 Å². The van der Waals surface area contributed by atoms with E-state index in [1.807, 2.05) is 60.7 Å². The van der Waals surface area contributed by atoms with E-state index in [9.17, 15) is 15.0 Å². The van der Waals surface area contributed by atoms with Crippen molar-refractivity contribution in [3.63, 3.8) is 0 Å². The third kappa shape index (κ3) is 4.01. The maximum atomic E-state index is 13.4. The zero-order valence-electron chi connectivity index (χ0n) is 23.5. The Labute approximate surface area is 244 Å². The van der Waals surface area contributed by atoms with Gasteiger partial charge in [0.15, 0.2) is 11.2 Å². The number of aliphatic hydroxyl groups excluding tert-OH is 1. The van der Waals surface area contributed by atoms with E-state index in [0.29, 0.717) is 29.2 Å². The zero-order valence-corrected chi connectivity index (χ0v) is 23.5. The van der Waals surface area contributed by atoms with E-state index in [1.54, 1.807) is 43.5 Å². The molecule has 4 aromatic rings. The van der Waals surface area contributed by atoms with Crippen molar-refractivity contribution in [3.8, 4) is 23.0 Å². The highest BCUT2D eigenvalue weighted by atomic mass is 16.6. The predicted octanol–water partition coefficient (Wildman–Crippen LogP) is 4.71. The molecule has 2 aliphatic rings. The van der Waals surface area contributed by atoms with Crippen molar-refractivity contribution in [2.45, 2.75) is 29.8 Å². The number of rotatable bonds is 8. The fourth-order valence-electron chi connectivity index (χ4n) is 6.61. The van der Waals surface area contributed by atoms with Gasteiger partial charge in [-0.1, -0.05) is 72.8 Å². The minimum absolute atomic E-state index is 0.229. The molecule has 1 aliphatic heterocycles. The second-order valence-corrected chi connectivity index (χ2v) is 10.5. The number of hydrogen-bond donors (Lipinski definition) is 2. The van der Waals surface area contributed by atoms with Crippen molar-refractivity contribution in [1.82, 2.24) is 0 Å². The molecular formula is C34H32O8. The Balaban J connectivity index is 1.58. The summed E-state index contributed by atoms with van der Waals surface area (Å²) in [5, 5.41) is 24.9. The van der Waals surface area contributed by atoms with E-state index in [4.69, 9.17) is 23.7 Å². The van der Waals surface area contributed by atoms with Crippen LogP contribution in [0.3, 0.4) is 0 Å². The summed E-state index contributed by atoms with van der Waals surface area (Å²) in [5.74, 6) is -1.11. The molecule has 1 heterocycles. The largest absolute Gasteiger partial charge is 0.497 e. The molecule has 4 aromatic carbocycles. The van der Waals surface area contributed by atoms with Crippen LogP contribution in [0, 0.1) is 5.92 Å². The summed E-state index contributed by atoms with van der Waals surface area (Å²) in [6, 6.07) is 29.4.